The quantitative estimate of drug-likeness (QED) is 0.375. The Morgan fingerprint density at radius 2 is 2.00 bits per heavy atom. The molecule has 0 unspecified atom stereocenters. The van der Waals surface area contributed by atoms with E-state index in [2.05, 4.69) is 10.1 Å². The zero-order chi connectivity index (χ0) is 11.0. The van der Waals surface area contributed by atoms with Crippen LogP contribution in [0.25, 0.3) is 0 Å². The lowest BCUT2D eigenvalue weighted by atomic mass is 10.4. The average molecular weight is 202 g/mol. The van der Waals surface area contributed by atoms with Gasteiger partial charge in [-0.25, -0.2) is 4.79 Å². The summed E-state index contributed by atoms with van der Waals surface area (Å²) >= 11 is 0. The van der Waals surface area contributed by atoms with E-state index in [9.17, 15) is 9.59 Å². The molecule has 1 amide bonds. The first kappa shape index (κ1) is 12.9. The third-order valence-corrected chi connectivity index (χ3v) is 1.53. The zero-order valence-electron chi connectivity index (χ0n) is 9.00. The van der Waals surface area contributed by atoms with Crippen LogP contribution in [0.3, 0.4) is 0 Å². The van der Waals surface area contributed by atoms with Crippen molar-refractivity contribution in [1.82, 2.24) is 10.2 Å². The number of carbonyl (C=O) groups excluding carboxylic acids is 2. The molecule has 82 valence electrons. The van der Waals surface area contributed by atoms with E-state index in [0.717, 1.165) is 13.0 Å². The summed E-state index contributed by atoms with van der Waals surface area (Å²) in [6.07, 6.45) is 0.818. The SMILES string of the molecule is CCOC(=O)C(=O)NCCCN(C)C. The Morgan fingerprint density at radius 3 is 2.50 bits per heavy atom. The molecule has 0 radical (unpaired) electrons. The summed E-state index contributed by atoms with van der Waals surface area (Å²) < 4.78 is 4.52. The second kappa shape index (κ2) is 7.32. The third kappa shape index (κ3) is 6.42. The van der Waals surface area contributed by atoms with Crippen molar-refractivity contribution in [3.8, 4) is 0 Å². The molecule has 0 aliphatic heterocycles. The van der Waals surface area contributed by atoms with E-state index < -0.39 is 11.9 Å². The van der Waals surface area contributed by atoms with Crippen LogP contribution in [0, 0.1) is 0 Å². The van der Waals surface area contributed by atoms with Gasteiger partial charge in [0.15, 0.2) is 0 Å². The van der Waals surface area contributed by atoms with Gasteiger partial charge in [0.1, 0.15) is 0 Å². The van der Waals surface area contributed by atoms with Crippen molar-refractivity contribution in [2.24, 2.45) is 0 Å². The van der Waals surface area contributed by atoms with E-state index in [4.69, 9.17) is 0 Å². The predicted molar refractivity (Wildman–Crippen MR) is 52.8 cm³/mol. The first-order valence-electron chi connectivity index (χ1n) is 4.67. The number of ether oxygens (including phenoxy) is 1. The molecule has 0 saturated carbocycles. The normalized spacial score (nSPS) is 10.0. The summed E-state index contributed by atoms with van der Waals surface area (Å²) in [5, 5.41) is 2.48. The first-order valence-corrected chi connectivity index (χ1v) is 4.67. The molecule has 5 heteroatoms. The molecule has 0 spiro atoms. The van der Waals surface area contributed by atoms with Crippen LogP contribution in [0.1, 0.15) is 13.3 Å². The van der Waals surface area contributed by atoms with Gasteiger partial charge < -0.3 is 15.0 Å². The van der Waals surface area contributed by atoms with Crippen LogP contribution in [-0.2, 0) is 14.3 Å². The minimum Gasteiger partial charge on any atom is -0.459 e. The molecule has 0 fully saturated rings. The molecule has 0 aromatic heterocycles. The minimum atomic E-state index is -0.808. The molecule has 0 aliphatic rings. The summed E-state index contributed by atoms with van der Waals surface area (Å²) in [6.45, 7) is 3.26. The fourth-order valence-electron chi connectivity index (χ4n) is 0.866. The number of nitrogens with one attached hydrogen (secondary N) is 1. The van der Waals surface area contributed by atoms with E-state index in [1.165, 1.54) is 0 Å². The topological polar surface area (TPSA) is 58.6 Å². The van der Waals surface area contributed by atoms with Gasteiger partial charge in [0.05, 0.1) is 6.61 Å². The molecular weight excluding hydrogens is 184 g/mol. The Labute approximate surface area is 84.4 Å². The Balaban J connectivity index is 3.49. The number of hydrogen-bond donors (Lipinski definition) is 1. The Morgan fingerprint density at radius 1 is 1.36 bits per heavy atom. The van der Waals surface area contributed by atoms with E-state index >= 15 is 0 Å². The highest BCUT2D eigenvalue weighted by atomic mass is 16.5. The fourth-order valence-corrected chi connectivity index (χ4v) is 0.866. The molecule has 0 aromatic rings. The van der Waals surface area contributed by atoms with Crippen LogP contribution in [-0.4, -0.2) is 50.6 Å². The molecular formula is C9H18N2O3. The second-order valence-corrected chi connectivity index (χ2v) is 3.13. The van der Waals surface area contributed by atoms with Gasteiger partial charge >= 0.3 is 11.9 Å². The van der Waals surface area contributed by atoms with Crippen molar-refractivity contribution >= 4 is 11.9 Å². The number of rotatable bonds is 5. The number of amides is 1. The van der Waals surface area contributed by atoms with Crippen LogP contribution in [0.2, 0.25) is 0 Å². The molecule has 0 atom stereocenters. The monoisotopic (exact) mass is 202 g/mol. The highest BCUT2D eigenvalue weighted by Gasteiger charge is 2.12. The summed E-state index contributed by atoms with van der Waals surface area (Å²) in [5.41, 5.74) is 0. The zero-order valence-corrected chi connectivity index (χ0v) is 9.00. The van der Waals surface area contributed by atoms with Crippen LogP contribution >= 0.6 is 0 Å². The standard InChI is InChI=1S/C9H18N2O3/c1-4-14-9(13)8(12)10-6-5-7-11(2)3/h4-7H2,1-3H3,(H,10,12). The molecule has 0 aromatic carbocycles. The maximum Gasteiger partial charge on any atom is 0.396 e. The van der Waals surface area contributed by atoms with Crippen molar-refractivity contribution in [3.63, 3.8) is 0 Å². The first-order chi connectivity index (χ1) is 6.57. The number of nitrogens with zero attached hydrogens (tertiary/aromatic N) is 1. The summed E-state index contributed by atoms with van der Waals surface area (Å²) in [5.74, 6) is -1.47. The van der Waals surface area contributed by atoms with Crippen LogP contribution in [0.15, 0.2) is 0 Å². The van der Waals surface area contributed by atoms with Crippen molar-refractivity contribution in [3.05, 3.63) is 0 Å². The van der Waals surface area contributed by atoms with Gasteiger partial charge in [-0.2, -0.15) is 0 Å². The largest absolute Gasteiger partial charge is 0.459 e. The lowest BCUT2D eigenvalue weighted by molar-refractivity contribution is -0.154. The van der Waals surface area contributed by atoms with Gasteiger partial charge in [-0.15, -0.1) is 0 Å². The van der Waals surface area contributed by atoms with Crippen molar-refractivity contribution in [2.45, 2.75) is 13.3 Å². The van der Waals surface area contributed by atoms with Crippen LogP contribution in [0.4, 0.5) is 0 Å². The lowest BCUT2D eigenvalue weighted by Crippen LogP contribution is -2.34. The number of hydrogen-bond acceptors (Lipinski definition) is 4. The Bertz CT molecular complexity index is 192. The van der Waals surface area contributed by atoms with Gasteiger partial charge in [0, 0.05) is 6.54 Å². The Hall–Kier alpha value is -1.10. The van der Waals surface area contributed by atoms with E-state index in [0.29, 0.717) is 6.54 Å². The third-order valence-electron chi connectivity index (χ3n) is 1.53. The average Bonchev–Trinajstić information content (AvgIpc) is 2.12. The smallest absolute Gasteiger partial charge is 0.396 e. The highest BCUT2D eigenvalue weighted by molar-refractivity contribution is 6.32. The minimum absolute atomic E-state index is 0.226. The molecule has 5 nitrogen and oxygen atoms in total. The fraction of sp³-hybridized carbons (Fsp3) is 0.778. The molecule has 0 aliphatic carbocycles. The molecule has 1 N–H and O–H groups in total. The molecule has 0 bridgehead atoms. The lowest BCUT2D eigenvalue weighted by Gasteiger charge is -2.09. The van der Waals surface area contributed by atoms with Gasteiger partial charge in [-0.05, 0) is 34.0 Å². The van der Waals surface area contributed by atoms with E-state index in [1.807, 2.05) is 19.0 Å². The van der Waals surface area contributed by atoms with Gasteiger partial charge in [-0.1, -0.05) is 0 Å². The van der Waals surface area contributed by atoms with Gasteiger partial charge in [0.25, 0.3) is 0 Å². The second-order valence-electron chi connectivity index (χ2n) is 3.13. The summed E-state index contributed by atoms with van der Waals surface area (Å²) in [7, 11) is 3.90. The van der Waals surface area contributed by atoms with Crippen molar-refractivity contribution < 1.29 is 14.3 Å². The van der Waals surface area contributed by atoms with Gasteiger partial charge in [0.2, 0.25) is 0 Å². The summed E-state index contributed by atoms with van der Waals surface area (Å²) in [4.78, 5) is 23.8. The number of esters is 1. The van der Waals surface area contributed by atoms with E-state index in [1.54, 1.807) is 6.92 Å². The maximum absolute atomic E-state index is 11.0. The van der Waals surface area contributed by atoms with Crippen molar-refractivity contribution in [2.75, 3.05) is 33.8 Å². The number of carbonyl (C=O) groups is 2. The summed E-state index contributed by atoms with van der Waals surface area (Å²) in [6, 6.07) is 0. The molecule has 0 saturated heterocycles. The predicted octanol–water partition coefficient (Wildman–Crippen LogP) is -0.383. The maximum atomic E-state index is 11.0. The molecule has 0 rings (SSSR count). The van der Waals surface area contributed by atoms with Crippen molar-refractivity contribution in [1.29, 1.82) is 0 Å². The van der Waals surface area contributed by atoms with Gasteiger partial charge in [-0.3, -0.25) is 4.79 Å². The highest BCUT2D eigenvalue weighted by Crippen LogP contribution is 1.82. The molecule has 14 heavy (non-hydrogen) atoms. The Kier molecular flexibility index (Phi) is 6.74. The van der Waals surface area contributed by atoms with Crippen LogP contribution < -0.4 is 5.32 Å². The molecule has 0 heterocycles. The van der Waals surface area contributed by atoms with E-state index in [-0.39, 0.29) is 6.61 Å². The van der Waals surface area contributed by atoms with Crippen LogP contribution in [0.5, 0.6) is 0 Å².